The molecule has 16 heteroatoms. The number of imide groups is 2. The van der Waals surface area contributed by atoms with Crippen LogP contribution in [0.1, 0.15) is 87.3 Å². The van der Waals surface area contributed by atoms with Crippen molar-refractivity contribution in [3.63, 3.8) is 0 Å². The van der Waals surface area contributed by atoms with Gasteiger partial charge < -0.3 is 14.8 Å². The maximum atomic E-state index is 16.3. The van der Waals surface area contributed by atoms with Crippen LogP contribution >= 0.6 is 0 Å². The first-order chi connectivity index (χ1) is 28.8. The molecule has 6 aliphatic rings. The second-order valence-electron chi connectivity index (χ2n) is 17.4. The Kier molecular flexibility index (Phi) is 9.17. The minimum absolute atomic E-state index is 0.0321. The van der Waals surface area contributed by atoms with Crippen molar-refractivity contribution >= 4 is 46.1 Å². The average molecular weight is 826 g/mol. The van der Waals surface area contributed by atoms with Gasteiger partial charge in [-0.05, 0) is 79.6 Å². The predicted molar refractivity (Wildman–Crippen MR) is 210 cm³/mol. The molecule has 312 valence electrons. The largest absolute Gasteiger partial charge is 0.371 e. The first-order valence-electron chi connectivity index (χ1n) is 20.5. The number of carbonyl (C=O) groups is 5. The zero-order valence-electron chi connectivity index (χ0n) is 32.9. The van der Waals surface area contributed by atoms with E-state index in [0.29, 0.717) is 57.1 Å². The number of alkyl halides is 2. The fourth-order valence-corrected chi connectivity index (χ4v) is 10.6. The topological polar surface area (TPSA) is 129 Å². The summed E-state index contributed by atoms with van der Waals surface area (Å²) in [6.45, 7) is 4.40. The fourth-order valence-electron chi connectivity index (χ4n) is 10.6. The number of carbonyl (C=O) groups excluding carboxylic acids is 5. The molecule has 1 spiro atoms. The van der Waals surface area contributed by atoms with Crippen LogP contribution in [0.15, 0.2) is 48.5 Å². The summed E-state index contributed by atoms with van der Waals surface area (Å²) < 4.78 is 60.3. The zero-order valence-corrected chi connectivity index (χ0v) is 32.9. The monoisotopic (exact) mass is 825 g/mol. The van der Waals surface area contributed by atoms with Gasteiger partial charge in [-0.2, -0.15) is 0 Å². The highest BCUT2D eigenvalue weighted by Crippen LogP contribution is 2.45. The Morgan fingerprint density at radius 2 is 1.57 bits per heavy atom. The average Bonchev–Trinajstić information content (AvgIpc) is 3.84. The van der Waals surface area contributed by atoms with Crippen LogP contribution in [0, 0.1) is 17.0 Å². The van der Waals surface area contributed by atoms with Crippen LogP contribution in [0.25, 0.3) is 10.9 Å². The highest BCUT2D eigenvalue weighted by atomic mass is 19.3. The molecule has 0 saturated carbocycles. The van der Waals surface area contributed by atoms with Crippen LogP contribution in [0.4, 0.5) is 23.2 Å². The molecule has 7 heterocycles. The molecule has 3 saturated heterocycles. The number of H-pyrrole nitrogens is 1. The molecule has 2 N–H and O–H groups in total. The second kappa shape index (κ2) is 14.3. The molecule has 5 amide bonds. The molecule has 1 unspecified atom stereocenters. The molecule has 0 bridgehead atoms. The van der Waals surface area contributed by atoms with Gasteiger partial charge in [0, 0.05) is 85.0 Å². The van der Waals surface area contributed by atoms with Crippen molar-refractivity contribution in [1.82, 2.24) is 29.9 Å². The minimum atomic E-state index is -2.69. The molecule has 12 nitrogen and oxygen atoms in total. The number of fused-ring (bicyclic) bond motifs is 5. The Balaban J connectivity index is 0.767. The Morgan fingerprint density at radius 3 is 2.20 bits per heavy atom. The first kappa shape index (κ1) is 38.6. The Bertz CT molecular complexity index is 2440. The highest BCUT2D eigenvalue weighted by Gasteiger charge is 2.48. The maximum Gasteiger partial charge on any atom is 0.262 e. The first-order valence-corrected chi connectivity index (χ1v) is 20.5. The van der Waals surface area contributed by atoms with Gasteiger partial charge in [0.05, 0.1) is 30.3 Å². The SMILES string of the molecule is C[C@@H]1Cc2c([nH]c3ccccc23)[C@@H](c2c(F)cc(N3CCC4(CC3)CN(C(=O)CN3Cc5cc6c(cc5C3)C(=O)N(C3CCC(=O)NC3=O)C6=O)C4)cc2F)N1CC(F)F. The number of benzene rings is 3. The lowest BCUT2D eigenvalue weighted by Gasteiger charge is -2.54. The summed E-state index contributed by atoms with van der Waals surface area (Å²) in [5.74, 6) is -3.83. The number of para-hydroxylation sites is 1. The van der Waals surface area contributed by atoms with Gasteiger partial charge >= 0.3 is 0 Å². The molecule has 6 aliphatic heterocycles. The maximum absolute atomic E-state index is 16.3. The van der Waals surface area contributed by atoms with Crippen LogP contribution in [0.3, 0.4) is 0 Å². The van der Waals surface area contributed by atoms with Gasteiger partial charge in [-0.15, -0.1) is 0 Å². The number of aromatic amines is 1. The van der Waals surface area contributed by atoms with Crippen molar-refractivity contribution in [2.24, 2.45) is 5.41 Å². The van der Waals surface area contributed by atoms with E-state index in [0.717, 1.165) is 45.3 Å². The van der Waals surface area contributed by atoms with Gasteiger partial charge in [0.1, 0.15) is 17.7 Å². The van der Waals surface area contributed by atoms with Crippen LogP contribution in [0.5, 0.6) is 0 Å². The Hall–Kier alpha value is -5.61. The van der Waals surface area contributed by atoms with Crippen LogP contribution in [-0.2, 0) is 33.9 Å². The van der Waals surface area contributed by atoms with Crippen molar-refractivity contribution < 1.29 is 41.5 Å². The quantitative estimate of drug-likeness (QED) is 0.199. The van der Waals surface area contributed by atoms with E-state index in [1.165, 1.54) is 17.0 Å². The minimum Gasteiger partial charge on any atom is -0.371 e. The summed E-state index contributed by atoms with van der Waals surface area (Å²) in [7, 11) is 0. The van der Waals surface area contributed by atoms with Crippen LogP contribution < -0.4 is 10.2 Å². The molecule has 4 aromatic rings. The highest BCUT2D eigenvalue weighted by molar-refractivity contribution is 6.23. The van der Waals surface area contributed by atoms with Crippen molar-refractivity contribution in [2.75, 3.05) is 44.2 Å². The third kappa shape index (κ3) is 6.28. The van der Waals surface area contributed by atoms with E-state index in [9.17, 15) is 32.8 Å². The number of likely N-dealkylation sites (tertiary alicyclic amines) is 1. The van der Waals surface area contributed by atoms with Crippen LogP contribution in [-0.4, -0.2) is 112 Å². The molecule has 0 aliphatic carbocycles. The third-order valence-electron chi connectivity index (χ3n) is 13.7. The fraction of sp³-hybridized carbons (Fsp3) is 0.432. The second-order valence-corrected chi connectivity index (χ2v) is 17.4. The summed E-state index contributed by atoms with van der Waals surface area (Å²) in [6, 6.07) is 11.1. The molecule has 3 fully saturated rings. The number of nitrogens with zero attached hydrogens (tertiary/aromatic N) is 5. The molecular formula is C44H43F4N7O5. The molecule has 3 aromatic carbocycles. The van der Waals surface area contributed by atoms with Crippen molar-refractivity contribution in [3.05, 3.63) is 99.2 Å². The van der Waals surface area contributed by atoms with E-state index < -0.39 is 60.3 Å². The number of halogens is 4. The Labute approximate surface area is 342 Å². The van der Waals surface area contributed by atoms with Gasteiger partial charge in [0.15, 0.2) is 0 Å². The van der Waals surface area contributed by atoms with Gasteiger partial charge in [-0.3, -0.25) is 44.0 Å². The lowest BCUT2D eigenvalue weighted by atomic mass is 9.72. The van der Waals surface area contributed by atoms with E-state index in [1.807, 2.05) is 45.9 Å². The molecule has 0 radical (unpaired) electrons. The summed E-state index contributed by atoms with van der Waals surface area (Å²) in [4.78, 5) is 75.6. The number of aromatic nitrogens is 1. The summed E-state index contributed by atoms with van der Waals surface area (Å²) in [5.41, 5.74) is 4.36. The lowest BCUT2D eigenvalue weighted by molar-refractivity contribution is -0.146. The van der Waals surface area contributed by atoms with E-state index in [4.69, 9.17) is 0 Å². The molecule has 60 heavy (non-hydrogen) atoms. The standard InChI is InChI=1S/C44H43F4N7O5/c1-23-12-28-27-4-2-3-5-33(27)49-39(28)40(54(23)19-35(47)48)38-31(45)15-26(16-32(38)46)52-10-8-44(9-11-52)21-53(22-44)37(57)20-51-17-24-13-29-30(14-25(24)18-51)43(60)55(42(29)59)34-6-7-36(56)50-41(34)58/h2-5,13-16,23,34-35,40,49H,6-12,17-22H2,1H3,(H,50,56,58)/t23-,34?,40-/m1/s1. The van der Waals surface area contributed by atoms with Crippen molar-refractivity contribution in [3.8, 4) is 0 Å². The number of piperidine rings is 2. The van der Waals surface area contributed by atoms with Gasteiger partial charge in [-0.25, -0.2) is 17.6 Å². The summed E-state index contributed by atoms with van der Waals surface area (Å²) in [6.07, 6.45) is -0.647. The Morgan fingerprint density at radius 1 is 0.917 bits per heavy atom. The molecule has 1 aromatic heterocycles. The smallest absolute Gasteiger partial charge is 0.262 e. The van der Waals surface area contributed by atoms with Crippen LogP contribution in [0.2, 0.25) is 0 Å². The van der Waals surface area contributed by atoms with Gasteiger partial charge in [-0.1, -0.05) is 18.2 Å². The number of nitrogens with one attached hydrogen (secondary N) is 2. The summed E-state index contributed by atoms with van der Waals surface area (Å²) in [5, 5.41) is 3.12. The van der Waals surface area contributed by atoms with E-state index >= 15 is 8.78 Å². The normalized spacial score (nSPS) is 24.0. The number of anilines is 1. The number of rotatable bonds is 7. The number of hydrogen-bond acceptors (Lipinski definition) is 8. The van der Waals surface area contributed by atoms with E-state index in [-0.39, 0.29) is 53.4 Å². The number of amides is 5. The predicted octanol–water partition coefficient (Wildman–Crippen LogP) is 4.89. The summed E-state index contributed by atoms with van der Waals surface area (Å²) >= 11 is 0. The van der Waals surface area contributed by atoms with Gasteiger partial charge in [0.2, 0.25) is 17.7 Å². The molecule has 10 rings (SSSR count). The molecular weight excluding hydrogens is 783 g/mol. The van der Waals surface area contributed by atoms with E-state index in [2.05, 4.69) is 10.3 Å². The lowest BCUT2D eigenvalue weighted by Crippen LogP contribution is -2.63. The zero-order chi connectivity index (χ0) is 41.8. The van der Waals surface area contributed by atoms with Gasteiger partial charge in [0.25, 0.3) is 18.2 Å². The van der Waals surface area contributed by atoms with E-state index in [1.54, 1.807) is 12.1 Å². The number of hydrogen-bond donors (Lipinski definition) is 2. The van der Waals surface area contributed by atoms with Crippen molar-refractivity contribution in [2.45, 2.75) is 76.7 Å². The molecule has 3 atom stereocenters. The third-order valence-corrected chi connectivity index (χ3v) is 13.7. The van der Waals surface area contributed by atoms with Crippen molar-refractivity contribution in [1.29, 1.82) is 0 Å².